The lowest BCUT2D eigenvalue weighted by Crippen LogP contribution is -1.83. The second-order valence-corrected chi connectivity index (χ2v) is 5.31. The highest BCUT2D eigenvalue weighted by Gasteiger charge is 2.14. The van der Waals surface area contributed by atoms with Gasteiger partial charge in [-0.25, -0.2) is 0 Å². The number of nitro groups is 1. The molecule has 1 aromatic carbocycles. The van der Waals surface area contributed by atoms with Gasteiger partial charge in [-0.05, 0) is 30.3 Å². The molecule has 0 radical (unpaired) electrons. The molecule has 3 rings (SSSR count). The second kappa shape index (κ2) is 6.53. The van der Waals surface area contributed by atoms with E-state index in [1.165, 1.54) is 17.8 Å². The predicted octanol–water partition coefficient (Wildman–Crippen LogP) is 3.54. The predicted molar refractivity (Wildman–Crippen MR) is 81.2 cm³/mol. The molecule has 0 bridgehead atoms. The minimum Gasteiger partial charge on any atom is -0.497 e. The summed E-state index contributed by atoms with van der Waals surface area (Å²) < 4.78 is 15.7. The number of furan rings is 1. The molecule has 0 aliphatic carbocycles. The Kier molecular flexibility index (Phi) is 4.29. The topological polar surface area (TPSA) is 104 Å². The molecule has 0 saturated heterocycles. The van der Waals surface area contributed by atoms with Gasteiger partial charge in [0.25, 0.3) is 5.22 Å². The summed E-state index contributed by atoms with van der Waals surface area (Å²) in [7, 11) is 1.59. The summed E-state index contributed by atoms with van der Waals surface area (Å²) >= 11 is 1.24. The number of benzene rings is 1. The molecule has 118 valence electrons. The Morgan fingerprint density at radius 2 is 1.96 bits per heavy atom. The average Bonchev–Trinajstić information content (AvgIpc) is 3.22. The molecule has 0 atom stereocenters. The first-order chi connectivity index (χ1) is 11.2. The van der Waals surface area contributed by atoms with Crippen LogP contribution in [0.1, 0.15) is 5.76 Å². The lowest BCUT2D eigenvalue weighted by Gasteiger charge is -1.99. The van der Waals surface area contributed by atoms with E-state index >= 15 is 0 Å². The maximum Gasteiger partial charge on any atom is 0.433 e. The van der Waals surface area contributed by atoms with Crippen molar-refractivity contribution in [1.29, 1.82) is 0 Å². The molecule has 0 N–H and O–H groups in total. The molecular weight excluding hydrogens is 322 g/mol. The van der Waals surface area contributed by atoms with E-state index < -0.39 is 4.92 Å². The number of hydrogen-bond acceptors (Lipinski definition) is 8. The van der Waals surface area contributed by atoms with Gasteiger partial charge in [0.1, 0.15) is 16.4 Å². The number of hydrogen-bond donors (Lipinski definition) is 0. The summed E-state index contributed by atoms with van der Waals surface area (Å²) in [5, 5.41) is 18.8. The van der Waals surface area contributed by atoms with Gasteiger partial charge in [0.15, 0.2) is 0 Å². The third-order valence-electron chi connectivity index (χ3n) is 2.91. The van der Waals surface area contributed by atoms with Gasteiger partial charge in [-0.1, -0.05) is 11.8 Å². The number of aromatic nitrogens is 2. The van der Waals surface area contributed by atoms with E-state index in [1.807, 2.05) is 12.1 Å². The summed E-state index contributed by atoms with van der Waals surface area (Å²) in [5.41, 5.74) is 0.777. The third-order valence-corrected chi connectivity index (χ3v) is 3.75. The lowest BCUT2D eigenvalue weighted by molar-refractivity contribution is -0.402. The van der Waals surface area contributed by atoms with Gasteiger partial charge in [0.05, 0.1) is 18.9 Å². The second-order valence-electron chi connectivity index (χ2n) is 4.39. The maximum absolute atomic E-state index is 10.5. The van der Waals surface area contributed by atoms with Crippen molar-refractivity contribution >= 4 is 17.6 Å². The molecule has 0 aliphatic rings. The molecule has 9 heteroatoms. The first-order valence-corrected chi connectivity index (χ1v) is 7.48. The Balaban J connectivity index is 1.65. The molecule has 0 aliphatic heterocycles. The lowest BCUT2D eigenvalue weighted by atomic mass is 10.2. The third kappa shape index (κ3) is 3.51. The van der Waals surface area contributed by atoms with Crippen molar-refractivity contribution in [3.8, 4) is 17.2 Å². The van der Waals surface area contributed by atoms with Crippen molar-refractivity contribution in [2.75, 3.05) is 7.11 Å². The van der Waals surface area contributed by atoms with Crippen molar-refractivity contribution in [2.45, 2.75) is 11.0 Å². The normalized spacial score (nSPS) is 10.7. The summed E-state index contributed by atoms with van der Waals surface area (Å²) in [4.78, 5) is 9.97. The molecule has 2 aromatic heterocycles. The van der Waals surface area contributed by atoms with Crippen LogP contribution in [0.15, 0.2) is 50.5 Å². The van der Waals surface area contributed by atoms with Crippen molar-refractivity contribution in [2.24, 2.45) is 0 Å². The van der Waals surface area contributed by atoms with E-state index in [-0.39, 0.29) is 5.88 Å². The van der Waals surface area contributed by atoms with Crippen LogP contribution in [-0.4, -0.2) is 22.2 Å². The van der Waals surface area contributed by atoms with Crippen LogP contribution in [-0.2, 0) is 5.75 Å². The number of nitrogens with zero attached hydrogens (tertiary/aromatic N) is 3. The smallest absolute Gasteiger partial charge is 0.433 e. The highest BCUT2D eigenvalue weighted by Crippen LogP contribution is 2.28. The molecule has 0 fully saturated rings. The van der Waals surface area contributed by atoms with Gasteiger partial charge in [0.2, 0.25) is 5.89 Å². The van der Waals surface area contributed by atoms with E-state index in [0.717, 1.165) is 11.3 Å². The minimum absolute atomic E-state index is 0.287. The number of thioether (sulfide) groups is 1. The van der Waals surface area contributed by atoms with Gasteiger partial charge in [-0.15, -0.1) is 10.2 Å². The molecule has 3 aromatic rings. The Morgan fingerprint density at radius 3 is 2.61 bits per heavy atom. The summed E-state index contributed by atoms with van der Waals surface area (Å²) in [6.45, 7) is 0. The standard InChI is InChI=1S/C14H11N3O5S/c1-20-10-4-2-9(3-5-10)13-15-16-14(22-13)23-8-11-6-7-12(21-11)17(18)19/h2-7H,8H2,1H3. The molecule has 8 nitrogen and oxygen atoms in total. The van der Waals surface area contributed by atoms with Gasteiger partial charge in [-0.2, -0.15) is 0 Å². The number of methoxy groups -OCH3 is 1. The molecule has 2 heterocycles. The minimum atomic E-state index is -0.581. The molecule has 0 saturated carbocycles. The fraction of sp³-hybridized carbons (Fsp3) is 0.143. The zero-order chi connectivity index (χ0) is 16.2. The van der Waals surface area contributed by atoms with Crippen LogP contribution in [0.4, 0.5) is 5.88 Å². The first kappa shape index (κ1) is 15.1. The van der Waals surface area contributed by atoms with Crippen molar-refractivity contribution in [1.82, 2.24) is 10.2 Å². The average molecular weight is 333 g/mol. The summed E-state index contributed by atoms with van der Waals surface area (Å²) in [6, 6.07) is 10.1. The largest absolute Gasteiger partial charge is 0.497 e. The Labute approximate surface area is 134 Å². The van der Waals surface area contributed by atoms with E-state index in [0.29, 0.717) is 22.6 Å². The SMILES string of the molecule is COc1ccc(-c2nnc(SCc3ccc([N+](=O)[O-])o3)o2)cc1. The maximum atomic E-state index is 10.5. The Hall–Kier alpha value is -2.81. The number of rotatable bonds is 6. The van der Waals surface area contributed by atoms with E-state index in [1.54, 1.807) is 25.3 Å². The van der Waals surface area contributed by atoms with Crippen LogP contribution in [0.5, 0.6) is 5.75 Å². The van der Waals surface area contributed by atoms with Gasteiger partial charge >= 0.3 is 5.88 Å². The quantitative estimate of drug-likeness (QED) is 0.383. The van der Waals surface area contributed by atoms with Crippen molar-refractivity contribution in [3.63, 3.8) is 0 Å². The van der Waals surface area contributed by atoms with Gasteiger partial charge < -0.3 is 13.6 Å². The number of ether oxygens (including phenoxy) is 1. The van der Waals surface area contributed by atoms with Crippen LogP contribution < -0.4 is 4.74 Å². The van der Waals surface area contributed by atoms with E-state index in [4.69, 9.17) is 13.6 Å². The molecule has 0 amide bonds. The summed E-state index contributed by atoms with van der Waals surface area (Å²) in [6.07, 6.45) is 0. The van der Waals surface area contributed by atoms with Crippen LogP contribution in [0.3, 0.4) is 0 Å². The van der Waals surface area contributed by atoms with E-state index in [2.05, 4.69) is 10.2 Å². The zero-order valence-corrected chi connectivity index (χ0v) is 12.8. The summed E-state index contributed by atoms with van der Waals surface area (Å²) in [5.74, 6) is 1.66. The fourth-order valence-corrected chi connectivity index (χ4v) is 2.45. The monoisotopic (exact) mass is 333 g/mol. The molecule has 0 unspecified atom stereocenters. The van der Waals surface area contributed by atoms with Crippen LogP contribution in [0.25, 0.3) is 11.5 Å². The highest BCUT2D eigenvalue weighted by molar-refractivity contribution is 7.98. The van der Waals surface area contributed by atoms with Gasteiger partial charge in [-0.3, -0.25) is 10.1 Å². The zero-order valence-electron chi connectivity index (χ0n) is 12.0. The van der Waals surface area contributed by atoms with Gasteiger partial charge in [0, 0.05) is 5.56 Å². The Morgan fingerprint density at radius 1 is 1.17 bits per heavy atom. The van der Waals surface area contributed by atoms with Crippen LogP contribution >= 0.6 is 11.8 Å². The highest BCUT2D eigenvalue weighted by atomic mass is 32.2. The molecule has 23 heavy (non-hydrogen) atoms. The van der Waals surface area contributed by atoms with Crippen LogP contribution in [0.2, 0.25) is 0 Å². The molecular formula is C14H11N3O5S. The van der Waals surface area contributed by atoms with Crippen LogP contribution in [0, 0.1) is 10.1 Å². The van der Waals surface area contributed by atoms with Crippen molar-refractivity contribution < 1.29 is 18.5 Å². The fourth-order valence-electron chi connectivity index (χ4n) is 1.79. The first-order valence-electron chi connectivity index (χ1n) is 6.49. The Bertz CT molecular complexity index is 812. The molecule has 0 spiro atoms. The van der Waals surface area contributed by atoms with Crippen molar-refractivity contribution in [3.05, 3.63) is 52.3 Å². The van der Waals surface area contributed by atoms with E-state index in [9.17, 15) is 10.1 Å².